The normalized spacial score (nSPS) is 25.7. The molecule has 0 aromatic heterocycles. The minimum Gasteiger partial charge on any atom is -0.390 e. The van der Waals surface area contributed by atoms with Gasteiger partial charge >= 0.3 is 0 Å². The first-order valence-electron chi connectivity index (χ1n) is 9.86. The van der Waals surface area contributed by atoms with Crippen LogP contribution in [0.5, 0.6) is 0 Å². The van der Waals surface area contributed by atoms with Gasteiger partial charge in [-0.1, -0.05) is 19.3 Å². The van der Waals surface area contributed by atoms with E-state index in [1.807, 2.05) is 0 Å². The number of rotatable bonds is 7. The Morgan fingerprint density at radius 1 is 1.18 bits per heavy atom. The highest BCUT2D eigenvalue weighted by Gasteiger charge is 2.31. The summed E-state index contributed by atoms with van der Waals surface area (Å²) in [5, 5.41) is 13.7. The van der Waals surface area contributed by atoms with Crippen molar-refractivity contribution >= 4 is 12.4 Å². The molecule has 1 heterocycles. The van der Waals surface area contributed by atoms with Gasteiger partial charge < -0.3 is 25.6 Å². The van der Waals surface area contributed by atoms with Gasteiger partial charge in [-0.05, 0) is 42.9 Å². The van der Waals surface area contributed by atoms with Crippen LogP contribution in [0.2, 0.25) is 0 Å². The summed E-state index contributed by atoms with van der Waals surface area (Å²) in [5.41, 5.74) is 6.47. The molecule has 4 N–H and O–H groups in total. The molecule has 1 aromatic rings. The monoisotopic (exact) mass is 420 g/mol. The maximum atomic E-state index is 13.3. The van der Waals surface area contributed by atoms with E-state index in [0.29, 0.717) is 24.6 Å². The third kappa shape index (κ3) is 6.90. The largest absolute Gasteiger partial charge is 0.390 e. The molecule has 5 nitrogen and oxygen atoms in total. The molecule has 2 aliphatic rings. The van der Waals surface area contributed by atoms with E-state index in [4.69, 9.17) is 15.2 Å². The molecule has 8 heteroatoms. The molecular weight excluding hydrogens is 390 g/mol. The van der Waals surface area contributed by atoms with Crippen molar-refractivity contribution in [1.29, 1.82) is 0 Å². The lowest BCUT2D eigenvalue weighted by Crippen LogP contribution is -2.58. The Morgan fingerprint density at radius 3 is 2.46 bits per heavy atom. The third-order valence-electron chi connectivity index (χ3n) is 5.50. The van der Waals surface area contributed by atoms with Crippen molar-refractivity contribution in [2.75, 3.05) is 19.8 Å². The molecule has 1 aromatic carbocycles. The lowest BCUT2D eigenvalue weighted by molar-refractivity contribution is -0.178. The highest BCUT2D eigenvalue weighted by atomic mass is 35.5. The lowest BCUT2D eigenvalue weighted by Gasteiger charge is -2.35. The Kier molecular flexibility index (Phi) is 9.53. The molecule has 1 saturated carbocycles. The highest BCUT2D eigenvalue weighted by molar-refractivity contribution is 5.85. The third-order valence-corrected chi connectivity index (χ3v) is 5.50. The van der Waals surface area contributed by atoms with E-state index in [-0.39, 0.29) is 37.8 Å². The van der Waals surface area contributed by atoms with Crippen molar-refractivity contribution in [3.63, 3.8) is 0 Å². The Bertz CT molecular complexity index is 577. The van der Waals surface area contributed by atoms with Crippen molar-refractivity contribution in [3.8, 4) is 0 Å². The number of ether oxygens (including phenoxy) is 2. The van der Waals surface area contributed by atoms with Gasteiger partial charge in [-0.3, -0.25) is 0 Å². The van der Waals surface area contributed by atoms with E-state index >= 15 is 0 Å². The molecule has 2 fully saturated rings. The topological polar surface area (TPSA) is 76.7 Å². The second kappa shape index (κ2) is 11.4. The number of nitrogens with two attached hydrogens (primary N) is 1. The van der Waals surface area contributed by atoms with Crippen LogP contribution in [0.15, 0.2) is 18.2 Å². The van der Waals surface area contributed by atoms with E-state index in [9.17, 15) is 13.9 Å². The zero-order valence-corrected chi connectivity index (χ0v) is 16.8. The molecule has 4 atom stereocenters. The predicted octanol–water partition coefficient (Wildman–Crippen LogP) is 2.53. The molecule has 1 aliphatic carbocycles. The van der Waals surface area contributed by atoms with Crippen molar-refractivity contribution < 1.29 is 23.4 Å². The van der Waals surface area contributed by atoms with E-state index in [1.54, 1.807) is 0 Å². The van der Waals surface area contributed by atoms with Crippen LogP contribution in [0.3, 0.4) is 0 Å². The molecule has 0 amide bonds. The van der Waals surface area contributed by atoms with Gasteiger partial charge in [-0.15, -0.1) is 12.4 Å². The van der Waals surface area contributed by atoms with Crippen molar-refractivity contribution in [1.82, 2.24) is 5.32 Å². The quantitative estimate of drug-likeness (QED) is 0.632. The Labute approximate surface area is 171 Å². The maximum absolute atomic E-state index is 13.3. The molecule has 1 aliphatic heterocycles. The average molecular weight is 421 g/mol. The zero-order valence-electron chi connectivity index (χ0n) is 16.0. The van der Waals surface area contributed by atoms with Crippen LogP contribution < -0.4 is 11.1 Å². The molecule has 3 rings (SSSR count). The number of morpholine rings is 1. The van der Waals surface area contributed by atoms with Crippen LogP contribution in [0.4, 0.5) is 8.78 Å². The summed E-state index contributed by atoms with van der Waals surface area (Å²) in [4.78, 5) is 0. The second-order valence-corrected chi connectivity index (χ2v) is 7.75. The lowest BCUT2D eigenvalue weighted by atomic mass is 9.90. The van der Waals surface area contributed by atoms with Gasteiger partial charge in [0.25, 0.3) is 0 Å². The van der Waals surface area contributed by atoms with E-state index in [2.05, 4.69) is 5.32 Å². The standard InChI is InChI=1S/C20H30F2N2O3.ClH/c21-15-6-14(7-16(22)9-15)8-17(23)20(25)18-12-27-19(10-24-18)26-11-13-4-2-1-3-5-13;/h6-7,9,13,17-20,24-25H,1-5,8,10-12,23H2;1H/t17-,18+,19+,20-;/m0./s1. The number of hydrogen-bond acceptors (Lipinski definition) is 5. The van der Waals surface area contributed by atoms with Crippen LogP contribution in [0, 0.1) is 17.6 Å². The number of aliphatic hydroxyl groups is 1. The number of aliphatic hydroxyl groups excluding tert-OH is 1. The van der Waals surface area contributed by atoms with Gasteiger partial charge in [-0.25, -0.2) is 8.78 Å². The maximum Gasteiger partial charge on any atom is 0.169 e. The molecule has 28 heavy (non-hydrogen) atoms. The molecule has 0 unspecified atom stereocenters. The van der Waals surface area contributed by atoms with Gasteiger partial charge in [0.2, 0.25) is 0 Å². The van der Waals surface area contributed by atoms with Crippen LogP contribution in [-0.2, 0) is 15.9 Å². The van der Waals surface area contributed by atoms with Crippen LogP contribution >= 0.6 is 12.4 Å². The molecule has 0 spiro atoms. The summed E-state index contributed by atoms with van der Waals surface area (Å²) in [6.07, 6.45) is 5.28. The molecule has 0 bridgehead atoms. The molecular formula is C20H31ClF2N2O3. The highest BCUT2D eigenvalue weighted by Crippen LogP contribution is 2.24. The summed E-state index contributed by atoms with van der Waals surface area (Å²) >= 11 is 0. The molecule has 1 saturated heterocycles. The number of nitrogens with one attached hydrogen (secondary N) is 1. The smallest absolute Gasteiger partial charge is 0.169 e. The first-order valence-corrected chi connectivity index (χ1v) is 9.86. The minimum absolute atomic E-state index is 0. The van der Waals surface area contributed by atoms with E-state index < -0.39 is 23.8 Å². The second-order valence-electron chi connectivity index (χ2n) is 7.75. The summed E-state index contributed by atoms with van der Waals surface area (Å²) in [7, 11) is 0. The van der Waals surface area contributed by atoms with Gasteiger partial charge in [-0.2, -0.15) is 0 Å². The van der Waals surface area contributed by atoms with E-state index in [1.165, 1.54) is 44.2 Å². The summed E-state index contributed by atoms with van der Waals surface area (Å²) in [6.45, 7) is 1.47. The number of hydrogen-bond donors (Lipinski definition) is 3. The van der Waals surface area contributed by atoms with Crippen LogP contribution in [-0.4, -0.2) is 49.3 Å². The first-order chi connectivity index (χ1) is 13.0. The Balaban J connectivity index is 0.00000280. The number of benzene rings is 1. The molecule has 160 valence electrons. The van der Waals surface area contributed by atoms with Gasteiger partial charge in [0.15, 0.2) is 6.29 Å². The van der Waals surface area contributed by atoms with Crippen LogP contribution in [0.1, 0.15) is 37.7 Å². The van der Waals surface area contributed by atoms with E-state index in [0.717, 1.165) is 6.07 Å². The minimum atomic E-state index is -0.893. The van der Waals surface area contributed by atoms with Crippen LogP contribution in [0.25, 0.3) is 0 Å². The average Bonchev–Trinajstić information content (AvgIpc) is 2.66. The molecule has 0 radical (unpaired) electrons. The first kappa shape index (κ1) is 23.4. The van der Waals surface area contributed by atoms with Gasteiger partial charge in [0.1, 0.15) is 11.6 Å². The number of halogens is 3. The fourth-order valence-corrected chi connectivity index (χ4v) is 3.92. The van der Waals surface area contributed by atoms with Gasteiger partial charge in [0, 0.05) is 18.7 Å². The van der Waals surface area contributed by atoms with Crippen molar-refractivity contribution in [2.24, 2.45) is 11.7 Å². The van der Waals surface area contributed by atoms with Crippen molar-refractivity contribution in [3.05, 3.63) is 35.4 Å². The summed E-state index contributed by atoms with van der Waals surface area (Å²) in [5.74, 6) is -0.682. The van der Waals surface area contributed by atoms with Gasteiger partial charge in [0.05, 0.1) is 25.4 Å². The SMILES string of the molecule is Cl.N[C@@H](Cc1cc(F)cc(F)c1)[C@H](O)[C@H]1CO[C@@H](OCC2CCCCC2)CN1. The fraction of sp³-hybridized carbons (Fsp3) is 0.700. The van der Waals surface area contributed by atoms with Crippen molar-refractivity contribution in [2.45, 2.75) is 63.0 Å². The zero-order chi connectivity index (χ0) is 19.2. The fourth-order valence-electron chi connectivity index (χ4n) is 3.92. The Hall–Kier alpha value is -0.830. The predicted molar refractivity (Wildman–Crippen MR) is 105 cm³/mol. The summed E-state index contributed by atoms with van der Waals surface area (Å²) < 4.78 is 38.2. The Morgan fingerprint density at radius 2 is 1.86 bits per heavy atom. The summed E-state index contributed by atoms with van der Waals surface area (Å²) in [6, 6.07) is 2.28.